The molecule has 0 bridgehead atoms. The van der Waals surface area contributed by atoms with Crippen LogP contribution in [0.2, 0.25) is 0 Å². The van der Waals surface area contributed by atoms with Gasteiger partial charge in [0.15, 0.2) is 0 Å². The molecule has 0 spiro atoms. The SMILES string of the molecule is COc1ccc(CNC(=O)[C@H](C)SCCO)cc1. The number of aliphatic hydroxyl groups is 1. The van der Waals surface area contributed by atoms with Crippen molar-refractivity contribution >= 4 is 17.7 Å². The molecule has 0 aliphatic rings. The third kappa shape index (κ3) is 4.98. The number of hydrogen-bond acceptors (Lipinski definition) is 4. The van der Waals surface area contributed by atoms with Gasteiger partial charge in [-0.2, -0.15) is 0 Å². The van der Waals surface area contributed by atoms with Gasteiger partial charge in [0, 0.05) is 12.3 Å². The number of ether oxygens (including phenoxy) is 1. The van der Waals surface area contributed by atoms with E-state index < -0.39 is 0 Å². The van der Waals surface area contributed by atoms with Crippen LogP contribution in [-0.2, 0) is 11.3 Å². The fourth-order valence-corrected chi connectivity index (χ4v) is 2.08. The molecule has 18 heavy (non-hydrogen) atoms. The van der Waals surface area contributed by atoms with Crippen molar-refractivity contribution in [2.24, 2.45) is 0 Å². The minimum Gasteiger partial charge on any atom is -0.497 e. The van der Waals surface area contributed by atoms with E-state index in [0.717, 1.165) is 11.3 Å². The number of carbonyl (C=O) groups is 1. The van der Waals surface area contributed by atoms with Crippen LogP contribution in [0, 0.1) is 0 Å². The fraction of sp³-hybridized carbons (Fsp3) is 0.462. The van der Waals surface area contributed by atoms with Crippen molar-refractivity contribution in [3.8, 4) is 5.75 Å². The first-order valence-electron chi connectivity index (χ1n) is 5.80. The first-order valence-corrected chi connectivity index (χ1v) is 6.85. The van der Waals surface area contributed by atoms with E-state index in [-0.39, 0.29) is 17.8 Å². The van der Waals surface area contributed by atoms with Gasteiger partial charge in [-0.25, -0.2) is 0 Å². The molecule has 0 saturated carbocycles. The zero-order valence-corrected chi connectivity index (χ0v) is 11.5. The lowest BCUT2D eigenvalue weighted by Crippen LogP contribution is -2.30. The minimum atomic E-state index is -0.143. The van der Waals surface area contributed by atoms with Crippen molar-refractivity contribution in [2.45, 2.75) is 18.7 Å². The lowest BCUT2D eigenvalue weighted by Gasteiger charge is -2.11. The van der Waals surface area contributed by atoms with Crippen LogP contribution in [0.15, 0.2) is 24.3 Å². The Morgan fingerprint density at radius 1 is 1.44 bits per heavy atom. The van der Waals surface area contributed by atoms with Gasteiger partial charge >= 0.3 is 0 Å². The summed E-state index contributed by atoms with van der Waals surface area (Å²) in [5.74, 6) is 1.37. The highest BCUT2D eigenvalue weighted by atomic mass is 32.2. The molecule has 100 valence electrons. The Labute approximate surface area is 112 Å². The van der Waals surface area contributed by atoms with Gasteiger partial charge in [-0.05, 0) is 24.6 Å². The van der Waals surface area contributed by atoms with Crippen LogP contribution < -0.4 is 10.1 Å². The van der Waals surface area contributed by atoms with E-state index in [2.05, 4.69) is 5.32 Å². The number of thioether (sulfide) groups is 1. The maximum Gasteiger partial charge on any atom is 0.233 e. The highest BCUT2D eigenvalue weighted by Gasteiger charge is 2.12. The van der Waals surface area contributed by atoms with Crippen molar-refractivity contribution in [3.63, 3.8) is 0 Å². The maximum absolute atomic E-state index is 11.7. The Hall–Kier alpha value is -1.20. The quantitative estimate of drug-likeness (QED) is 0.786. The van der Waals surface area contributed by atoms with Gasteiger partial charge in [0.25, 0.3) is 0 Å². The molecule has 0 radical (unpaired) electrons. The Morgan fingerprint density at radius 3 is 2.67 bits per heavy atom. The molecule has 0 aromatic heterocycles. The summed E-state index contributed by atoms with van der Waals surface area (Å²) in [5.41, 5.74) is 1.03. The summed E-state index contributed by atoms with van der Waals surface area (Å²) in [4.78, 5) is 11.7. The number of benzene rings is 1. The predicted molar refractivity (Wildman–Crippen MR) is 73.8 cm³/mol. The summed E-state index contributed by atoms with van der Waals surface area (Å²) in [6.45, 7) is 2.44. The van der Waals surface area contributed by atoms with Crippen molar-refractivity contribution in [1.29, 1.82) is 0 Å². The summed E-state index contributed by atoms with van der Waals surface area (Å²) in [6, 6.07) is 7.58. The van der Waals surface area contributed by atoms with Crippen LogP contribution in [0.1, 0.15) is 12.5 Å². The molecule has 2 N–H and O–H groups in total. The summed E-state index contributed by atoms with van der Waals surface area (Å²) in [6.07, 6.45) is 0. The molecule has 0 saturated heterocycles. The van der Waals surface area contributed by atoms with E-state index in [4.69, 9.17) is 9.84 Å². The number of nitrogens with one attached hydrogen (secondary N) is 1. The van der Waals surface area contributed by atoms with Crippen molar-refractivity contribution in [1.82, 2.24) is 5.32 Å². The highest BCUT2D eigenvalue weighted by Crippen LogP contribution is 2.12. The number of carbonyl (C=O) groups excluding carboxylic acids is 1. The smallest absolute Gasteiger partial charge is 0.233 e. The molecule has 5 heteroatoms. The van der Waals surface area contributed by atoms with E-state index in [1.54, 1.807) is 7.11 Å². The van der Waals surface area contributed by atoms with E-state index in [0.29, 0.717) is 12.3 Å². The second-order valence-corrected chi connectivity index (χ2v) is 5.25. The Kier molecular flexibility index (Phi) is 6.60. The molecule has 1 amide bonds. The summed E-state index contributed by atoms with van der Waals surface area (Å²) >= 11 is 1.44. The third-order valence-electron chi connectivity index (χ3n) is 2.45. The standard InChI is InChI=1S/C13H19NO3S/c1-10(18-8-7-15)13(16)14-9-11-3-5-12(17-2)6-4-11/h3-6,10,15H,7-9H2,1-2H3,(H,14,16)/t10-/m0/s1. The fourth-order valence-electron chi connectivity index (χ4n) is 1.38. The number of aliphatic hydroxyl groups excluding tert-OH is 1. The highest BCUT2D eigenvalue weighted by molar-refractivity contribution is 8.00. The molecule has 0 fully saturated rings. The van der Waals surface area contributed by atoms with E-state index in [1.165, 1.54) is 11.8 Å². The van der Waals surface area contributed by atoms with Crippen LogP contribution in [0.25, 0.3) is 0 Å². The van der Waals surface area contributed by atoms with Gasteiger partial charge in [-0.3, -0.25) is 4.79 Å². The average molecular weight is 269 g/mol. The van der Waals surface area contributed by atoms with Gasteiger partial charge in [0.05, 0.1) is 19.0 Å². The number of rotatable bonds is 7. The topological polar surface area (TPSA) is 58.6 Å². The van der Waals surface area contributed by atoms with Crippen LogP contribution in [0.4, 0.5) is 0 Å². The van der Waals surface area contributed by atoms with E-state index >= 15 is 0 Å². The van der Waals surface area contributed by atoms with Gasteiger partial charge in [0.1, 0.15) is 5.75 Å². The van der Waals surface area contributed by atoms with Crippen molar-refractivity contribution in [2.75, 3.05) is 19.5 Å². The molecule has 0 heterocycles. The average Bonchev–Trinajstić information content (AvgIpc) is 2.42. The molecule has 1 aromatic rings. The van der Waals surface area contributed by atoms with Crippen molar-refractivity contribution in [3.05, 3.63) is 29.8 Å². The number of hydrogen-bond donors (Lipinski definition) is 2. The molecular weight excluding hydrogens is 250 g/mol. The van der Waals surface area contributed by atoms with Crippen LogP contribution in [-0.4, -0.2) is 35.7 Å². The van der Waals surface area contributed by atoms with E-state index in [9.17, 15) is 4.79 Å². The molecule has 0 aliphatic heterocycles. The first kappa shape index (κ1) is 14.9. The summed E-state index contributed by atoms with van der Waals surface area (Å²) in [7, 11) is 1.62. The molecule has 0 aliphatic carbocycles. The Balaban J connectivity index is 2.37. The lowest BCUT2D eigenvalue weighted by atomic mass is 10.2. The molecule has 4 nitrogen and oxygen atoms in total. The lowest BCUT2D eigenvalue weighted by molar-refractivity contribution is -0.120. The first-order chi connectivity index (χ1) is 8.67. The Morgan fingerprint density at radius 2 is 2.11 bits per heavy atom. The Bertz CT molecular complexity index is 367. The molecule has 0 unspecified atom stereocenters. The molecule has 1 aromatic carbocycles. The van der Waals surface area contributed by atoms with Crippen molar-refractivity contribution < 1.29 is 14.6 Å². The summed E-state index contributed by atoms with van der Waals surface area (Å²) in [5, 5.41) is 11.4. The molecule has 1 rings (SSSR count). The van der Waals surface area contributed by atoms with Crippen LogP contribution in [0.3, 0.4) is 0 Å². The second kappa shape index (κ2) is 8.00. The van der Waals surface area contributed by atoms with Crippen LogP contribution in [0.5, 0.6) is 5.75 Å². The van der Waals surface area contributed by atoms with Crippen LogP contribution >= 0.6 is 11.8 Å². The molecular formula is C13H19NO3S. The molecule has 1 atom stereocenters. The minimum absolute atomic E-state index is 0.00994. The van der Waals surface area contributed by atoms with Gasteiger partial charge in [0.2, 0.25) is 5.91 Å². The normalized spacial score (nSPS) is 11.9. The van der Waals surface area contributed by atoms with Gasteiger partial charge in [-0.15, -0.1) is 11.8 Å². The second-order valence-electron chi connectivity index (χ2n) is 3.80. The zero-order valence-electron chi connectivity index (χ0n) is 10.7. The summed E-state index contributed by atoms with van der Waals surface area (Å²) < 4.78 is 5.06. The van der Waals surface area contributed by atoms with Gasteiger partial charge in [-0.1, -0.05) is 12.1 Å². The van der Waals surface area contributed by atoms with Gasteiger partial charge < -0.3 is 15.2 Å². The van der Waals surface area contributed by atoms with E-state index in [1.807, 2.05) is 31.2 Å². The largest absolute Gasteiger partial charge is 0.497 e. The number of amides is 1. The maximum atomic E-state index is 11.7. The monoisotopic (exact) mass is 269 g/mol. The predicted octanol–water partition coefficient (Wildman–Crippen LogP) is 1.43. The third-order valence-corrected chi connectivity index (χ3v) is 3.59. The zero-order chi connectivity index (χ0) is 13.4. The number of methoxy groups -OCH3 is 1.